The molecule has 3 heteroatoms. The molecule has 0 spiro atoms. The summed E-state index contributed by atoms with van der Waals surface area (Å²) in [6.07, 6.45) is 5.66. The van der Waals surface area contributed by atoms with E-state index in [1.807, 2.05) is 7.05 Å². The molecule has 3 nitrogen and oxygen atoms in total. The second kappa shape index (κ2) is 19.9. The molecule has 0 saturated heterocycles. The number of carbonyl (C=O) groups is 1. The number of unbranched alkanes of at least 4 members (excludes halogenated alkanes) is 1. The van der Waals surface area contributed by atoms with Crippen LogP contribution < -0.4 is 11.1 Å². The Hall–Kier alpha value is -0.410. The molecule has 154 valence electrons. The first-order valence-corrected chi connectivity index (χ1v) is 10.3. The standard InChI is InChI=1S/C8H18N2O.2C7H16/c1-7(11)8(10-2)5-3-4-6-9;2*1-6(2)5-7(3)4/h8,10H,3-6,9H2,1-2H3;2*6-7H,5H2,1-4H3/t8-;;/m0../s1. The van der Waals surface area contributed by atoms with Crippen LogP contribution in [0.25, 0.3) is 0 Å². The van der Waals surface area contributed by atoms with Crippen LogP contribution in [0.5, 0.6) is 0 Å². The Morgan fingerprint density at radius 2 is 1.16 bits per heavy atom. The maximum absolute atomic E-state index is 10.9. The van der Waals surface area contributed by atoms with E-state index >= 15 is 0 Å². The third kappa shape index (κ3) is 31.8. The number of nitrogens with one attached hydrogen (secondary N) is 1. The number of Topliss-reactive ketones (excluding diaryl/α,β-unsaturated/α-hetero) is 1. The minimum atomic E-state index is 0.0292. The first-order valence-electron chi connectivity index (χ1n) is 10.3. The van der Waals surface area contributed by atoms with Gasteiger partial charge in [0, 0.05) is 0 Å². The summed E-state index contributed by atoms with van der Waals surface area (Å²) >= 11 is 0. The topological polar surface area (TPSA) is 55.1 Å². The number of carbonyl (C=O) groups excluding carboxylic acids is 1. The highest BCUT2D eigenvalue weighted by atomic mass is 16.1. The lowest BCUT2D eigenvalue weighted by Crippen LogP contribution is -2.32. The van der Waals surface area contributed by atoms with E-state index in [0.29, 0.717) is 6.54 Å². The maximum Gasteiger partial charge on any atom is 0.146 e. The first kappa shape index (κ1) is 29.4. The molecule has 0 aromatic carbocycles. The van der Waals surface area contributed by atoms with Gasteiger partial charge in [0.05, 0.1) is 6.04 Å². The molecule has 0 aliphatic heterocycles. The third-order valence-electron chi connectivity index (χ3n) is 3.67. The molecule has 0 rings (SSSR count). The fourth-order valence-electron chi connectivity index (χ4n) is 2.93. The quantitative estimate of drug-likeness (QED) is 0.495. The molecule has 0 aromatic rings. The van der Waals surface area contributed by atoms with Crippen LogP contribution >= 0.6 is 0 Å². The smallest absolute Gasteiger partial charge is 0.146 e. The lowest BCUT2D eigenvalue weighted by molar-refractivity contribution is -0.119. The van der Waals surface area contributed by atoms with Crippen molar-refractivity contribution in [2.24, 2.45) is 29.4 Å². The average molecular weight is 359 g/mol. The van der Waals surface area contributed by atoms with Gasteiger partial charge in [0.2, 0.25) is 0 Å². The predicted octanol–water partition coefficient (Wildman–Crippen LogP) is 5.67. The number of ketones is 1. The Morgan fingerprint density at radius 1 is 0.800 bits per heavy atom. The lowest BCUT2D eigenvalue weighted by Gasteiger charge is -2.11. The Bertz CT molecular complexity index is 247. The average Bonchev–Trinajstić information content (AvgIpc) is 2.41. The van der Waals surface area contributed by atoms with E-state index in [1.165, 1.54) is 12.8 Å². The highest BCUT2D eigenvalue weighted by molar-refractivity contribution is 5.81. The first-order chi connectivity index (χ1) is 11.5. The molecule has 0 fully saturated rings. The SMILES string of the molecule is CC(C)CC(C)C.CC(C)CC(C)C.CN[C@@H](CCCCN)C(C)=O. The molecule has 0 heterocycles. The van der Waals surface area contributed by atoms with E-state index in [2.05, 4.69) is 60.7 Å². The Kier molecular flexibility index (Phi) is 23.4. The Morgan fingerprint density at radius 3 is 1.32 bits per heavy atom. The number of hydrogen-bond donors (Lipinski definition) is 2. The fourth-order valence-corrected chi connectivity index (χ4v) is 2.93. The van der Waals surface area contributed by atoms with Crippen LogP contribution in [0.3, 0.4) is 0 Å². The third-order valence-corrected chi connectivity index (χ3v) is 3.67. The van der Waals surface area contributed by atoms with Gasteiger partial charge >= 0.3 is 0 Å². The van der Waals surface area contributed by atoms with Gasteiger partial charge in [-0.2, -0.15) is 0 Å². The van der Waals surface area contributed by atoms with Crippen molar-refractivity contribution in [1.82, 2.24) is 5.32 Å². The van der Waals surface area contributed by atoms with E-state index in [9.17, 15) is 4.79 Å². The molecule has 0 saturated carbocycles. The van der Waals surface area contributed by atoms with Crippen molar-refractivity contribution >= 4 is 5.78 Å². The predicted molar refractivity (Wildman–Crippen MR) is 115 cm³/mol. The molecular weight excluding hydrogens is 308 g/mol. The van der Waals surface area contributed by atoms with Crippen LogP contribution in [0.1, 0.15) is 94.4 Å². The normalized spacial score (nSPS) is 12.0. The zero-order valence-corrected chi connectivity index (χ0v) is 19.1. The second-order valence-electron chi connectivity index (χ2n) is 8.78. The van der Waals surface area contributed by atoms with E-state index in [0.717, 1.165) is 42.9 Å². The van der Waals surface area contributed by atoms with Gasteiger partial charge in [-0.15, -0.1) is 0 Å². The summed E-state index contributed by atoms with van der Waals surface area (Å²) in [6.45, 7) is 20.4. The van der Waals surface area contributed by atoms with Gasteiger partial charge in [0.25, 0.3) is 0 Å². The van der Waals surface area contributed by atoms with Crippen molar-refractivity contribution in [3.05, 3.63) is 0 Å². The number of rotatable bonds is 10. The minimum Gasteiger partial charge on any atom is -0.330 e. The summed E-state index contributed by atoms with van der Waals surface area (Å²) in [5, 5.41) is 2.97. The van der Waals surface area contributed by atoms with Crippen molar-refractivity contribution in [2.45, 2.75) is 100 Å². The van der Waals surface area contributed by atoms with E-state index < -0.39 is 0 Å². The van der Waals surface area contributed by atoms with Crippen LogP contribution in [0.4, 0.5) is 0 Å². The summed E-state index contributed by atoms with van der Waals surface area (Å²) in [7, 11) is 1.81. The van der Waals surface area contributed by atoms with Crippen molar-refractivity contribution < 1.29 is 4.79 Å². The summed E-state index contributed by atoms with van der Waals surface area (Å²) in [5.74, 6) is 3.71. The van der Waals surface area contributed by atoms with Gasteiger partial charge in [-0.05, 0) is 69.9 Å². The van der Waals surface area contributed by atoms with Gasteiger partial charge in [0.15, 0.2) is 0 Å². The van der Waals surface area contributed by atoms with Crippen molar-refractivity contribution in [3.8, 4) is 0 Å². The van der Waals surface area contributed by atoms with Crippen LogP contribution in [-0.4, -0.2) is 25.4 Å². The monoisotopic (exact) mass is 358 g/mol. The molecular formula is C22H50N2O. The zero-order valence-electron chi connectivity index (χ0n) is 19.1. The molecule has 0 aliphatic rings. The van der Waals surface area contributed by atoms with Crippen LogP contribution in [0.2, 0.25) is 0 Å². The largest absolute Gasteiger partial charge is 0.330 e. The van der Waals surface area contributed by atoms with Gasteiger partial charge in [-0.25, -0.2) is 0 Å². The second-order valence-corrected chi connectivity index (χ2v) is 8.78. The van der Waals surface area contributed by atoms with Crippen molar-refractivity contribution in [3.63, 3.8) is 0 Å². The Balaban J connectivity index is -0.000000304. The molecule has 0 aromatic heterocycles. The van der Waals surface area contributed by atoms with Crippen molar-refractivity contribution in [1.29, 1.82) is 0 Å². The van der Waals surface area contributed by atoms with E-state index in [-0.39, 0.29) is 11.8 Å². The molecule has 0 amide bonds. The molecule has 0 unspecified atom stereocenters. The fraction of sp³-hybridized carbons (Fsp3) is 0.955. The highest BCUT2D eigenvalue weighted by Gasteiger charge is 2.09. The van der Waals surface area contributed by atoms with Crippen LogP contribution in [0.15, 0.2) is 0 Å². The summed E-state index contributed by atoms with van der Waals surface area (Å²) < 4.78 is 0. The van der Waals surface area contributed by atoms with Crippen LogP contribution in [0, 0.1) is 23.7 Å². The summed E-state index contributed by atoms with van der Waals surface area (Å²) in [6, 6.07) is 0.0292. The van der Waals surface area contributed by atoms with E-state index in [4.69, 9.17) is 5.73 Å². The Labute approximate surface area is 159 Å². The molecule has 0 radical (unpaired) electrons. The van der Waals surface area contributed by atoms with Gasteiger partial charge in [0.1, 0.15) is 5.78 Å². The summed E-state index contributed by atoms with van der Waals surface area (Å²) in [5.41, 5.74) is 5.33. The zero-order chi connectivity index (χ0) is 20.4. The maximum atomic E-state index is 10.9. The number of hydrogen-bond acceptors (Lipinski definition) is 3. The lowest BCUT2D eigenvalue weighted by atomic mass is 10.0. The van der Waals surface area contributed by atoms with Gasteiger partial charge in [-0.3, -0.25) is 4.79 Å². The molecule has 1 atom stereocenters. The molecule has 25 heavy (non-hydrogen) atoms. The van der Waals surface area contributed by atoms with Gasteiger partial charge in [-0.1, -0.05) is 61.8 Å². The molecule has 3 N–H and O–H groups in total. The highest BCUT2D eigenvalue weighted by Crippen LogP contribution is 2.08. The number of likely N-dealkylation sites (N-methyl/N-ethyl adjacent to an activating group) is 1. The van der Waals surface area contributed by atoms with Crippen LogP contribution in [-0.2, 0) is 4.79 Å². The van der Waals surface area contributed by atoms with Gasteiger partial charge < -0.3 is 11.1 Å². The van der Waals surface area contributed by atoms with Crippen molar-refractivity contribution in [2.75, 3.05) is 13.6 Å². The summed E-state index contributed by atoms with van der Waals surface area (Å²) in [4.78, 5) is 10.9. The molecule has 0 aliphatic carbocycles. The minimum absolute atomic E-state index is 0.0292. The number of nitrogens with two attached hydrogens (primary N) is 1. The molecule has 0 bridgehead atoms. The van der Waals surface area contributed by atoms with E-state index in [1.54, 1.807) is 6.92 Å².